The van der Waals surface area contributed by atoms with Crippen molar-refractivity contribution in [2.75, 3.05) is 19.6 Å². The van der Waals surface area contributed by atoms with Gasteiger partial charge in [-0.25, -0.2) is 8.78 Å². The number of hydrogen-bond donors (Lipinski definition) is 1. The van der Waals surface area contributed by atoms with Crippen LogP contribution in [0.15, 0.2) is 48.5 Å². The van der Waals surface area contributed by atoms with Crippen LogP contribution in [0.4, 0.5) is 8.78 Å². The van der Waals surface area contributed by atoms with Gasteiger partial charge in [0.25, 0.3) is 0 Å². The molecule has 0 saturated carbocycles. The van der Waals surface area contributed by atoms with E-state index in [0.29, 0.717) is 26.1 Å². The molecule has 2 aromatic carbocycles. The average Bonchev–Trinajstić information content (AvgIpc) is 2.55. The Kier molecular flexibility index (Phi) is 6.23. The summed E-state index contributed by atoms with van der Waals surface area (Å²) in [6.45, 7) is 1.27. The number of nitrogens with two attached hydrogens (primary N) is 1. The van der Waals surface area contributed by atoms with Crippen molar-refractivity contribution in [1.29, 1.82) is 0 Å². The summed E-state index contributed by atoms with van der Waals surface area (Å²) >= 11 is 0. The van der Waals surface area contributed by atoms with Gasteiger partial charge in [-0.05, 0) is 23.6 Å². The van der Waals surface area contributed by atoms with Gasteiger partial charge in [0.15, 0.2) is 0 Å². The zero-order valence-electron chi connectivity index (χ0n) is 12.8. The van der Waals surface area contributed by atoms with Crippen molar-refractivity contribution in [2.24, 2.45) is 5.73 Å². The molecule has 3 nitrogen and oxygen atoms in total. The van der Waals surface area contributed by atoms with Gasteiger partial charge in [-0.15, -0.1) is 0 Å². The van der Waals surface area contributed by atoms with E-state index < -0.39 is 11.6 Å². The monoisotopic (exact) mass is 318 g/mol. The molecule has 0 atom stereocenters. The fourth-order valence-corrected chi connectivity index (χ4v) is 2.37. The van der Waals surface area contributed by atoms with Gasteiger partial charge < -0.3 is 10.6 Å². The predicted octanol–water partition coefficient (Wildman–Crippen LogP) is 2.54. The molecule has 0 fully saturated rings. The molecule has 122 valence electrons. The minimum atomic E-state index is -0.700. The zero-order valence-corrected chi connectivity index (χ0v) is 12.8. The average molecular weight is 318 g/mol. The Morgan fingerprint density at radius 3 is 2.43 bits per heavy atom. The molecule has 2 N–H and O–H groups in total. The molecule has 0 saturated heterocycles. The summed E-state index contributed by atoms with van der Waals surface area (Å²) in [6.07, 6.45) is 0.610. The molecule has 0 aromatic heterocycles. The van der Waals surface area contributed by atoms with Crippen LogP contribution in [0, 0.1) is 11.6 Å². The summed E-state index contributed by atoms with van der Waals surface area (Å²) in [4.78, 5) is 14.0. The summed E-state index contributed by atoms with van der Waals surface area (Å²) in [5.74, 6) is -1.56. The lowest BCUT2D eigenvalue weighted by molar-refractivity contribution is -0.130. The van der Waals surface area contributed by atoms with Crippen LogP contribution >= 0.6 is 0 Å². The Bertz CT molecular complexity index is 647. The van der Waals surface area contributed by atoms with Crippen LogP contribution in [-0.2, 0) is 17.6 Å². The molecule has 0 radical (unpaired) electrons. The maximum atomic E-state index is 13.7. The third kappa shape index (κ3) is 5.14. The Balaban J connectivity index is 2.00. The van der Waals surface area contributed by atoms with Crippen LogP contribution in [0.25, 0.3) is 0 Å². The lowest BCUT2D eigenvalue weighted by Crippen LogP contribution is -2.38. The molecule has 0 unspecified atom stereocenters. The summed E-state index contributed by atoms with van der Waals surface area (Å²) in [7, 11) is 0. The molecule has 2 aromatic rings. The molecule has 0 spiro atoms. The van der Waals surface area contributed by atoms with Gasteiger partial charge in [-0.1, -0.05) is 36.4 Å². The lowest BCUT2D eigenvalue weighted by Gasteiger charge is -2.22. The van der Waals surface area contributed by atoms with E-state index in [9.17, 15) is 13.6 Å². The predicted molar refractivity (Wildman–Crippen MR) is 85.8 cm³/mol. The quantitative estimate of drug-likeness (QED) is 0.853. The topological polar surface area (TPSA) is 46.3 Å². The second-order valence-electron chi connectivity index (χ2n) is 5.32. The maximum absolute atomic E-state index is 13.7. The molecule has 0 aliphatic carbocycles. The van der Waals surface area contributed by atoms with Crippen LogP contribution in [0.1, 0.15) is 11.1 Å². The third-order valence-electron chi connectivity index (χ3n) is 3.62. The minimum absolute atomic E-state index is 0.0963. The van der Waals surface area contributed by atoms with E-state index in [-0.39, 0.29) is 17.9 Å². The highest BCUT2D eigenvalue weighted by Gasteiger charge is 2.15. The number of halogens is 2. The number of rotatable bonds is 7. The normalized spacial score (nSPS) is 10.6. The van der Waals surface area contributed by atoms with Crippen molar-refractivity contribution in [3.8, 4) is 0 Å². The molecule has 2 rings (SSSR count). The van der Waals surface area contributed by atoms with Crippen molar-refractivity contribution in [3.63, 3.8) is 0 Å². The Morgan fingerprint density at radius 1 is 1.04 bits per heavy atom. The fourth-order valence-electron chi connectivity index (χ4n) is 2.37. The Labute approximate surface area is 134 Å². The van der Waals surface area contributed by atoms with Crippen molar-refractivity contribution < 1.29 is 13.6 Å². The van der Waals surface area contributed by atoms with E-state index in [1.54, 1.807) is 4.90 Å². The van der Waals surface area contributed by atoms with E-state index >= 15 is 0 Å². The molecule has 5 heteroatoms. The summed E-state index contributed by atoms with van der Waals surface area (Å²) in [5.41, 5.74) is 6.88. The van der Waals surface area contributed by atoms with E-state index in [2.05, 4.69) is 0 Å². The standard InChI is InChI=1S/C18H20F2N2O/c19-16-7-6-15(17(20)13-16)12-18(23)22(11-9-21)10-8-14-4-2-1-3-5-14/h1-7,13H,8-12,21H2. The number of hydrogen-bond acceptors (Lipinski definition) is 2. The van der Waals surface area contributed by atoms with Gasteiger partial charge in [-0.2, -0.15) is 0 Å². The van der Waals surface area contributed by atoms with Crippen molar-refractivity contribution >= 4 is 5.91 Å². The summed E-state index contributed by atoms with van der Waals surface area (Å²) < 4.78 is 26.6. The number of carbonyl (C=O) groups is 1. The Hall–Kier alpha value is -2.27. The molecule has 1 amide bonds. The third-order valence-corrected chi connectivity index (χ3v) is 3.62. The molecule has 0 aliphatic rings. The van der Waals surface area contributed by atoms with Crippen LogP contribution in [-0.4, -0.2) is 30.4 Å². The lowest BCUT2D eigenvalue weighted by atomic mass is 10.1. The van der Waals surface area contributed by atoms with Crippen LogP contribution in [0.3, 0.4) is 0 Å². The number of benzene rings is 2. The van der Waals surface area contributed by atoms with Gasteiger partial charge in [0.1, 0.15) is 11.6 Å². The maximum Gasteiger partial charge on any atom is 0.227 e. The second kappa shape index (κ2) is 8.39. The number of nitrogens with zero attached hydrogens (tertiary/aromatic N) is 1. The summed E-state index contributed by atoms with van der Waals surface area (Å²) in [5, 5.41) is 0. The molecular weight excluding hydrogens is 298 g/mol. The van der Waals surface area contributed by atoms with E-state index in [1.807, 2.05) is 30.3 Å². The zero-order chi connectivity index (χ0) is 16.7. The molecule has 23 heavy (non-hydrogen) atoms. The first-order valence-corrected chi connectivity index (χ1v) is 7.56. The Morgan fingerprint density at radius 2 is 1.78 bits per heavy atom. The van der Waals surface area contributed by atoms with Crippen molar-refractivity contribution in [2.45, 2.75) is 12.8 Å². The minimum Gasteiger partial charge on any atom is -0.341 e. The fraction of sp³-hybridized carbons (Fsp3) is 0.278. The number of carbonyl (C=O) groups excluding carboxylic acids is 1. The largest absolute Gasteiger partial charge is 0.341 e. The first kappa shape index (κ1) is 17.1. The van der Waals surface area contributed by atoms with Crippen LogP contribution in [0.5, 0.6) is 0 Å². The van der Waals surface area contributed by atoms with Gasteiger partial charge in [-0.3, -0.25) is 4.79 Å². The van der Waals surface area contributed by atoms with Crippen molar-refractivity contribution in [1.82, 2.24) is 4.90 Å². The molecule has 0 heterocycles. The molecule has 0 aliphatic heterocycles. The van der Waals surface area contributed by atoms with E-state index in [1.165, 1.54) is 6.07 Å². The number of amides is 1. The van der Waals surface area contributed by atoms with Gasteiger partial charge in [0, 0.05) is 25.7 Å². The van der Waals surface area contributed by atoms with Gasteiger partial charge in [0.05, 0.1) is 6.42 Å². The molecular formula is C18H20F2N2O. The van der Waals surface area contributed by atoms with Crippen molar-refractivity contribution in [3.05, 3.63) is 71.3 Å². The first-order chi connectivity index (χ1) is 11.1. The van der Waals surface area contributed by atoms with Gasteiger partial charge >= 0.3 is 0 Å². The SMILES string of the molecule is NCCN(CCc1ccccc1)C(=O)Cc1ccc(F)cc1F. The molecule has 0 bridgehead atoms. The first-order valence-electron chi connectivity index (χ1n) is 7.56. The van der Waals surface area contributed by atoms with E-state index in [4.69, 9.17) is 5.73 Å². The van der Waals surface area contributed by atoms with Crippen LogP contribution < -0.4 is 5.73 Å². The highest BCUT2D eigenvalue weighted by Crippen LogP contribution is 2.12. The highest BCUT2D eigenvalue weighted by molar-refractivity contribution is 5.78. The van der Waals surface area contributed by atoms with Gasteiger partial charge in [0.2, 0.25) is 5.91 Å². The van der Waals surface area contributed by atoms with Crippen LogP contribution in [0.2, 0.25) is 0 Å². The second-order valence-corrected chi connectivity index (χ2v) is 5.32. The highest BCUT2D eigenvalue weighted by atomic mass is 19.1. The summed E-state index contributed by atoms with van der Waals surface area (Å²) in [6, 6.07) is 13.1. The smallest absolute Gasteiger partial charge is 0.227 e. The van der Waals surface area contributed by atoms with E-state index in [0.717, 1.165) is 17.7 Å².